The third kappa shape index (κ3) is 4.45. The molecule has 1 amide bonds. The van der Waals surface area contributed by atoms with E-state index in [9.17, 15) is 9.59 Å². The maximum Gasteiger partial charge on any atom is 0.358 e. The van der Waals surface area contributed by atoms with Gasteiger partial charge in [-0.3, -0.25) is 4.79 Å². The predicted molar refractivity (Wildman–Crippen MR) is 84.4 cm³/mol. The zero-order valence-electron chi connectivity index (χ0n) is 13.4. The summed E-state index contributed by atoms with van der Waals surface area (Å²) in [6.45, 7) is 4.47. The van der Waals surface area contributed by atoms with Crippen molar-refractivity contribution in [3.63, 3.8) is 0 Å². The SMILES string of the molecule is CCOc1ccc(OCC)c(NC(=O)Cn2cc(C(=O)O)nn2)c1. The lowest BCUT2D eigenvalue weighted by Crippen LogP contribution is -2.19. The Kier molecular flexibility index (Phi) is 5.72. The molecule has 1 heterocycles. The summed E-state index contributed by atoms with van der Waals surface area (Å²) in [5.74, 6) is -0.486. The Morgan fingerprint density at radius 1 is 1.25 bits per heavy atom. The van der Waals surface area contributed by atoms with Crippen LogP contribution in [0.2, 0.25) is 0 Å². The number of carboxylic acid groups (broad SMARTS) is 1. The lowest BCUT2D eigenvalue weighted by atomic mass is 10.2. The van der Waals surface area contributed by atoms with Gasteiger partial charge in [-0.2, -0.15) is 0 Å². The molecule has 0 aliphatic carbocycles. The molecule has 128 valence electrons. The van der Waals surface area contributed by atoms with Crippen molar-refractivity contribution in [1.82, 2.24) is 15.0 Å². The molecule has 1 aromatic carbocycles. The number of carbonyl (C=O) groups is 2. The molecule has 9 heteroatoms. The highest BCUT2D eigenvalue weighted by Crippen LogP contribution is 2.29. The molecular weight excluding hydrogens is 316 g/mol. The van der Waals surface area contributed by atoms with E-state index in [0.29, 0.717) is 30.4 Å². The van der Waals surface area contributed by atoms with Crippen molar-refractivity contribution in [1.29, 1.82) is 0 Å². The first-order valence-electron chi connectivity index (χ1n) is 7.36. The van der Waals surface area contributed by atoms with Crippen molar-refractivity contribution in [2.24, 2.45) is 0 Å². The van der Waals surface area contributed by atoms with Crippen molar-refractivity contribution >= 4 is 17.6 Å². The second-order valence-corrected chi connectivity index (χ2v) is 4.68. The quantitative estimate of drug-likeness (QED) is 0.750. The summed E-state index contributed by atoms with van der Waals surface area (Å²) in [7, 11) is 0. The Hall–Kier alpha value is -3.10. The number of carboxylic acids is 1. The van der Waals surface area contributed by atoms with Gasteiger partial charge in [0.2, 0.25) is 5.91 Å². The van der Waals surface area contributed by atoms with E-state index in [4.69, 9.17) is 14.6 Å². The molecule has 0 aliphatic heterocycles. The fourth-order valence-electron chi connectivity index (χ4n) is 1.96. The van der Waals surface area contributed by atoms with Crippen LogP contribution in [0.25, 0.3) is 0 Å². The predicted octanol–water partition coefficient (Wildman–Crippen LogP) is 1.41. The lowest BCUT2D eigenvalue weighted by Gasteiger charge is -2.13. The summed E-state index contributed by atoms with van der Waals surface area (Å²) >= 11 is 0. The first-order valence-corrected chi connectivity index (χ1v) is 7.36. The van der Waals surface area contributed by atoms with Crippen LogP contribution in [0.1, 0.15) is 24.3 Å². The monoisotopic (exact) mass is 334 g/mol. The summed E-state index contributed by atoms with van der Waals surface area (Å²) in [6, 6.07) is 5.12. The molecule has 2 rings (SSSR count). The van der Waals surface area contributed by atoms with E-state index in [1.54, 1.807) is 18.2 Å². The highest BCUT2D eigenvalue weighted by molar-refractivity contribution is 5.92. The van der Waals surface area contributed by atoms with E-state index >= 15 is 0 Å². The van der Waals surface area contributed by atoms with Gasteiger partial charge in [-0.05, 0) is 26.0 Å². The first kappa shape index (κ1) is 17.3. The minimum Gasteiger partial charge on any atom is -0.494 e. The van der Waals surface area contributed by atoms with Crippen molar-refractivity contribution in [2.45, 2.75) is 20.4 Å². The maximum absolute atomic E-state index is 12.1. The minimum atomic E-state index is -1.20. The third-order valence-electron chi connectivity index (χ3n) is 2.90. The normalized spacial score (nSPS) is 10.2. The van der Waals surface area contributed by atoms with Gasteiger partial charge >= 0.3 is 5.97 Å². The number of hydrogen-bond donors (Lipinski definition) is 2. The molecule has 0 radical (unpaired) electrons. The first-order chi connectivity index (χ1) is 11.5. The highest BCUT2D eigenvalue weighted by Gasteiger charge is 2.13. The smallest absolute Gasteiger partial charge is 0.358 e. The molecule has 0 spiro atoms. The van der Waals surface area contributed by atoms with Crippen molar-refractivity contribution < 1.29 is 24.2 Å². The number of carbonyl (C=O) groups excluding carboxylic acids is 1. The summed E-state index contributed by atoms with van der Waals surface area (Å²) in [4.78, 5) is 22.9. The molecule has 0 bridgehead atoms. The van der Waals surface area contributed by atoms with Crippen LogP contribution in [0, 0.1) is 0 Å². The molecule has 0 saturated heterocycles. The molecule has 0 fully saturated rings. The minimum absolute atomic E-state index is 0.176. The van der Waals surface area contributed by atoms with E-state index in [2.05, 4.69) is 15.6 Å². The van der Waals surface area contributed by atoms with Crippen LogP contribution in [0.4, 0.5) is 5.69 Å². The molecule has 0 unspecified atom stereocenters. The van der Waals surface area contributed by atoms with Gasteiger partial charge in [-0.15, -0.1) is 5.10 Å². The second kappa shape index (κ2) is 7.95. The van der Waals surface area contributed by atoms with Crippen LogP contribution in [0.3, 0.4) is 0 Å². The average Bonchev–Trinajstić information content (AvgIpc) is 2.99. The van der Waals surface area contributed by atoms with E-state index in [-0.39, 0.29) is 12.2 Å². The Bertz CT molecular complexity index is 728. The number of nitrogens with zero attached hydrogens (tertiary/aromatic N) is 3. The van der Waals surface area contributed by atoms with Crippen LogP contribution >= 0.6 is 0 Å². The zero-order valence-corrected chi connectivity index (χ0v) is 13.4. The molecule has 2 aromatic rings. The van der Waals surface area contributed by atoms with Gasteiger partial charge in [0, 0.05) is 6.07 Å². The zero-order chi connectivity index (χ0) is 17.5. The summed E-state index contributed by atoms with van der Waals surface area (Å²) in [5, 5.41) is 18.5. The number of rotatable bonds is 8. The molecular formula is C15H18N4O5. The van der Waals surface area contributed by atoms with Gasteiger partial charge in [-0.25, -0.2) is 9.48 Å². The molecule has 0 aliphatic rings. The largest absolute Gasteiger partial charge is 0.494 e. The average molecular weight is 334 g/mol. The molecule has 2 N–H and O–H groups in total. The molecule has 0 saturated carbocycles. The highest BCUT2D eigenvalue weighted by atomic mass is 16.5. The van der Waals surface area contributed by atoms with Crippen LogP contribution in [0.5, 0.6) is 11.5 Å². The van der Waals surface area contributed by atoms with Gasteiger partial charge in [0.1, 0.15) is 18.0 Å². The number of aromatic nitrogens is 3. The number of benzene rings is 1. The van der Waals surface area contributed by atoms with Crippen LogP contribution in [-0.2, 0) is 11.3 Å². The van der Waals surface area contributed by atoms with Gasteiger partial charge < -0.3 is 19.9 Å². The Balaban J connectivity index is 2.10. The summed E-state index contributed by atoms with van der Waals surface area (Å²) in [6.07, 6.45) is 1.18. The van der Waals surface area contributed by atoms with Crippen LogP contribution < -0.4 is 14.8 Å². The third-order valence-corrected chi connectivity index (χ3v) is 2.90. The molecule has 24 heavy (non-hydrogen) atoms. The number of aromatic carboxylic acids is 1. The number of ether oxygens (including phenoxy) is 2. The number of hydrogen-bond acceptors (Lipinski definition) is 6. The topological polar surface area (TPSA) is 116 Å². The molecule has 9 nitrogen and oxygen atoms in total. The summed E-state index contributed by atoms with van der Waals surface area (Å²) in [5.41, 5.74) is 0.238. The van der Waals surface area contributed by atoms with Crippen LogP contribution in [-0.4, -0.2) is 45.2 Å². The van der Waals surface area contributed by atoms with Gasteiger partial charge in [0.15, 0.2) is 5.69 Å². The van der Waals surface area contributed by atoms with E-state index in [0.717, 1.165) is 4.68 Å². The number of amides is 1. The van der Waals surface area contributed by atoms with Gasteiger partial charge in [0.05, 0.1) is 25.1 Å². The molecule has 0 atom stereocenters. The van der Waals surface area contributed by atoms with Crippen molar-refractivity contribution in [2.75, 3.05) is 18.5 Å². The maximum atomic E-state index is 12.1. The Morgan fingerprint density at radius 2 is 2.00 bits per heavy atom. The standard InChI is InChI=1S/C15H18N4O5/c1-3-23-10-5-6-13(24-4-2)11(7-10)16-14(20)9-19-8-12(15(21)22)17-18-19/h5-8H,3-4,9H2,1-2H3,(H,16,20)(H,21,22). The van der Waals surface area contributed by atoms with Gasteiger partial charge in [0.25, 0.3) is 0 Å². The Labute approximate surface area is 138 Å². The molecule has 1 aromatic heterocycles. The van der Waals surface area contributed by atoms with E-state index in [1.807, 2.05) is 13.8 Å². The fourth-order valence-corrected chi connectivity index (χ4v) is 1.96. The Morgan fingerprint density at radius 3 is 2.62 bits per heavy atom. The lowest BCUT2D eigenvalue weighted by molar-refractivity contribution is -0.116. The number of anilines is 1. The van der Waals surface area contributed by atoms with Gasteiger partial charge in [-0.1, -0.05) is 5.21 Å². The van der Waals surface area contributed by atoms with E-state index < -0.39 is 11.9 Å². The van der Waals surface area contributed by atoms with E-state index in [1.165, 1.54) is 6.20 Å². The van der Waals surface area contributed by atoms with Crippen LogP contribution in [0.15, 0.2) is 24.4 Å². The van der Waals surface area contributed by atoms with Crippen molar-refractivity contribution in [3.05, 3.63) is 30.1 Å². The summed E-state index contributed by atoms with van der Waals surface area (Å²) < 4.78 is 12.0. The number of nitrogens with one attached hydrogen (secondary N) is 1. The van der Waals surface area contributed by atoms with Crippen molar-refractivity contribution in [3.8, 4) is 11.5 Å². The fraction of sp³-hybridized carbons (Fsp3) is 0.333. The second-order valence-electron chi connectivity index (χ2n) is 4.68.